The molecule has 0 aromatic rings. The van der Waals surface area contributed by atoms with Gasteiger partial charge in [-0.1, -0.05) is 19.3 Å². The number of fused-ring (bicyclic) bond motifs is 2. The van der Waals surface area contributed by atoms with Gasteiger partial charge in [-0.15, -0.1) is 0 Å². The normalized spacial score (nSPS) is 29.6. The molecule has 7 heteroatoms. The zero-order valence-electron chi connectivity index (χ0n) is 13.1. The Kier molecular flexibility index (Phi) is 4.56. The number of carbonyl (C=O) groups is 2. The first kappa shape index (κ1) is 16.6. The van der Waals surface area contributed by atoms with Crippen molar-refractivity contribution < 1.29 is 22.8 Å². The second-order valence-electron chi connectivity index (χ2n) is 7.17. The predicted octanol–water partition coefficient (Wildman–Crippen LogP) is 2.62. The summed E-state index contributed by atoms with van der Waals surface area (Å²) in [5.74, 6) is -2.00. The summed E-state index contributed by atoms with van der Waals surface area (Å²) < 4.78 is 37.9. The van der Waals surface area contributed by atoms with Crippen molar-refractivity contribution in [1.29, 1.82) is 0 Å². The van der Waals surface area contributed by atoms with Gasteiger partial charge in [0.2, 0.25) is 5.91 Å². The van der Waals surface area contributed by atoms with E-state index in [1.807, 2.05) is 5.32 Å². The molecule has 2 amide bonds. The summed E-state index contributed by atoms with van der Waals surface area (Å²) in [4.78, 5) is 26.0. The highest BCUT2D eigenvalue weighted by molar-refractivity contribution is 5.90. The van der Waals surface area contributed by atoms with E-state index in [4.69, 9.17) is 0 Å². The number of nitrogens with one attached hydrogen (secondary N) is 1. The van der Waals surface area contributed by atoms with Crippen molar-refractivity contribution in [3.8, 4) is 0 Å². The van der Waals surface area contributed by atoms with Gasteiger partial charge in [0.15, 0.2) is 0 Å². The largest absolute Gasteiger partial charge is 0.471 e. The third-order valence-corrected chi connectivity index (χ3v) is 5.62. The first-order valence-electron chi connectivity index (χ1n) is 8.54. The lowest BCUT2D eigenvalue weighted by molar-refractivity contribution is -0.175. The van der Waals surface area contributed by atoms with Crippen molar-refractivity contribution in [2.45, 2.75) is 69.6 Å². The van der Waals surface area contributed by atoms with Crippen LogP contribution < -0.4 is 5.32 Å². The maximum Gasteiger partial charge on any atom is 0.471 e. The van der Waals surface area contributed by atoms with Crippen molar-refractivity contribution in [2.24, 2.45) is 11.8 Å². The molecule has 1 saturated heterocycles. The van der Waals surface area contributed by atoms with E-state index in [0.717, 1.165) is 38.5 Å². The number of alkyl halides is 3. The van der Waals surface area contributed by atoms with Gasteiger partial charge in [-0.05, 0) is 43.9 Å². The number of hydrogen-bond acceptors (Lipinski definition) is 2. The average Bonchev–Trinajstić information content (AvgIpc) is 3.14. The molecule has 2 saturated carbocycles. The number of hydrogen-bond donors (Lipinski definition) is 1. The van der Waals surface area contributed by atoms with Crippen molar-refractivity contribution in [3.05, 3.63) is 0 Å². The van der Waals surface area contributed by atoms with Crippen LogP contribution in [0.5, 0.6) is 0 Å². The van der Waals surface area contributed by atoms with Crippen molar-refractivity contribution >= 4 is 11.8 Å². The van der Waals surface area contributed by atoms with Gasteiger partial charge < -0.3 is 10.2 Å². The molecular formula is C16H23F3N2O2. The monoisotopic (exact) mass is 332 g/mol. The maximum atomic E-state index is 12.8. The number of rotatable bonds is 3. The number of likely N-dealkylation sites (tertiary alicyclic amines) is 1. The van der Waals surface area contributed by atoms with Crippen LogP contribution in [0.2, 0.25) is 0 Å². The molecule has 1 heterocycles. The molecule has 2 bridgehead atoms. The Bertz CT molecular complexity index is 474. The van der Waals surface area contributed by atoms with Gasteiger partial charge in [0.1, 0.15) is 6.04 Å². The fraction of sp³-hybridized carbons (Fsp3) is 0.875. The highest BCUT2D eigenvalue weighted by Gasteiger charge is 2.47. The topological polar surface area (TPSA) is 49.4 Å². The van der Waals surface area contributed by atoms with Crippen LogP contribution in [-0.4, -0.2) is 41.5 Å². The van der Waals surface area contributed by atoms with E-state index >= 15 is 0 Å². The Morgan fingerprint density at radius 2 is 1.74 bits per heavy atom. The highest BCUT2D eigenvalue weighted by atomic mass is 19.4. The van der Waals surface area contributed by atoms with E-state index in [1.54, 1.807) is 4.90 Å². The van der Waals surface area contributed by atoms with Crippen LogP contribution in [-0.2, 0) is 9.59 Å². The fourth-order valence-electron chi connectivity index (χ4n) is 4.45. The molecule has 130 valence electrons. The van der Waals surface area contributed by atoms with Crippen LogP contribution in [0, 0.1) is 11.8 Å². The molecule has 4 nitrogen and oxygen atoms in total. The zero-order valence-corrected chi connectivity index (χ0v) is 13.1. The molecule has 3 fully saturated rings. The van der Waals surface area contributed by atoms with Gasteiger partial charge in [0.05, 0.1) is 0 Å². The van der Waals surface area contributed by atoms with Gasteiger partial charge >= 0.3 is 12.1 Å². The van der Waals surface area contributed by atoms with E-state index in [1.165, 1.54) is 0 Å². The van der Waals surface area contributed by atoms with Gasteiger partial charge in [-0.2, -0.15) is 13.2 Å². The molecule has 3 atom stereocenters. The van der Waals surface area contributed by atoms with Crippen LogP contribution in [0.3, 0.4) is 0 Å². The van der Waals surface area contributed by atoms with Gasteiger partial charge in [-0.25, -0.2) is 0 Å². The summed E-state index contributed by atoms with van der Waals surface area (Å²) in [5, 5.41) is 2.01. The zero-order chi connectivity index (χ0) is 16.6. The predicted molar refractivity (Wildman–Crippen MR) is 77.4 cm³/mol. The molecule has 0 radical (unpaired) electrons. The molecule has 1 N–H and O–H groups in total. The molecule has 0 unspecified atom stereocenters. The van der Waals surface area contributed by atoms with Crippen LogP contribution in [0.1, 0.15) is 51.4 Å². The average molecular weight is 332 g/mol. The third kappa shape index (κ3) is 3.48. The van der Waals surface area contributed by atoms with E-state index in [2.05, 4.69) is 0 Å². The maximum absolute atomic E-state index is 12.8. The summed E-state index contributed by atoms with van der Waals surface area (Å²) in [6, 6.07) is -0.870. The first-order chi connectivity index (χ1) is 10.9. The Labute approximate surface area is 133 Å². The molecule has 0 aromatic heterocycles. The molecule has 0 spiro atoms. The Balaban J connectivity index is 1.74. The SMILES string of the molecule is O=C([C@H](NC(=O)C(F)(F)F)C1CCCCC1)N1C[C@H]2CC[C@@H]1C2. The minimum atomic E-state index is -4.95. The van der Waals surface area contributed by atoms with Crippen molar-refractivity contribution in [3.63, 3.8) is 0 Å². The summed E-state index contributed by atoms with van der Waals surface area (Å²) in [5.41, 5.74) is 0. The quantitative estimate of drug-likeness (QED) is 0.864. The van der Waals surface area contributed by atoms with E-state index in [0.29, 0.717) is 25.3 Å². The molecule has 23 heavy (non-hydrogen) atoms. The highest BCUT2D eigenvalue weighted by Crippen LogP contribution is 2.39. The van der Waals surface area contributed by atoms with Crippen LogP contribution in [0.4, 0.5) is 13.2 Å². The smallest absolute Gasteiger partial charge is 0.338 e. The Morgan fingerprint density at radius 3 is 2.26 bits per heavy atom. The third-order valence-electron chi connectivity index (χ3n) is 5.62. The standard InChI is InChI=1S/C16H23F3N2O2/c17-16(18,19)15(23)20-13(11-4-2-1-3-5-11)14(22)21-9-10-6-7-12(21)8-10/h10-13H,1-9H2,(H,20,23)/t10-,12+,13+/m0/s1. The van der Waals surface area contributed by atoms with Gasteiger partial charge in [0, 0.05) is 12.6 Å². The molecule has 3 rings (SSSR count). The minimum Gasteiger partial charge on any atom is -0.338 e. The lowest BCUT2D eigenvalue weighted by Crippen LogP contribution is -2.56. The second kappa shape index (κ2) is 6.32. The summed E-state index contributed by atoms with van der Waals surface area (Å²) >= 11 is 0. The fourth-order valence-corrected chi connectivity index (χ4v) is 4.45. The number of piperidine rings is 1. The Hall–Kier alpha value is -1.27. The minimum absolute atomic E-state index is 0.154. The van der Waals surface area contributed by atoms with Crippen LogP contribution >= 0.6 is 0 Å². The lowest BCUT2D eigenvalue weighted by Gasteiger charge is -2.36. The number of halogens is 3. The molecule has 1 aliphatic heterocycles. The number of carbonyl (C=O) groups excluding carboxylic acids is 2. The van der Waals surface area contributed by atoms with E-state index in [9.17, 15) is 22.8 Å². The molecule has 0 aromatic carbocycles. The summed E-state index contributed by atoms with van der Waals surface area (Å²) in [7, 11) is 0. The van der Waals surface area contributed by atoms with E-state index < -0.39 is 18.1 Å². The number of amides is 2. The van der Waals surface area contributed by atoms with Gasteiger partial charge in [-0.3, -0.25) is 9.59 Å². The van der Waals surface area contributed by atoms with Crippen molar-refractivity contribution in [1.82, 2.24) is 10.2 Å². The Morgan fingerprint density at radius 1 is 1.04 bits per heavy atom. The second-order valence-corrected chi connectivity index (χ2v) is 7.17. The van der Waals surface area contributed by atoms with Crippen molar-refractivity contribution in [2.75, 3.05) is 6.54 Å². The number of nitrogens with zero attached hydrogens (tertiary/aromatic N) is 1. The summed E-state index contributed by atoms with van der Waals surface area (Å²) in [6.45, 7) is 0.634. The van der Waals surface area contributed by atoms with E-state index in [-0.39, 0.29) is 17.9 Å². The molecule has 3 aliphatic rings. The molecule has 2 aliphatic carbocycles. The lowest BCUT2D eigenvalue weighted by atomic mass is 9.83. The first-order valence-corrected chi connectivity index (χ1v) is 8.54. The van der Waals surface area contributed by atoms with Crippen LogP contribution in [0.15, 0.2) is 0 Å². The van der Waals surface area contributed by atoms with Gasteiger partial charge in [0.25, 0.3) is 0 Å². The molecular weight excluding hydrogens is 309 g/mol. The summed E-state index contributed by atoms with van der Waals surface area (Å²) in [6.07, 6.45) is 2.29. The van der Waals surface area contributed by atoms with Crippen LogP contribution in [0.25, 0.3) is 0 Å².